The first-order chi connectivity index (χ1) is 16.3. The van der Waals surface area contributed by atoms with E-state index in [0.29, 0.717) is 28.7 Å². The lowest BCUT2D eigenvalue weighted by atomic mass is 10.2. The van der Waals surface area contributed by atoms with E-state index in [9.17, 15) is 14.9 Å². The molecule has 0 saturated heterocycles. The van der Waals surface area contributed by atoms with Crippen LogP contribution in [-0.2, 0) is 13.2 Å². The number of nitro groups is 1. The van der Waals surface area contributed by atoms with E-state index in [2.05, 4.69) is 10.4 Å². The molecule has 0 fully saturated rings. The number of carbonyl (C=O) groups excluding carboxylic acids is 1. The van der Waals surface area contributed by atoms with Crippen LogP contribution in [0.15, 0.2) is 65.1 Å². The number of rotatable bonds is 8. The number of amides is 1. The van der Waals surface area contributed by atoms with E-state index in [1.54, 1.807) is 29.8 Å². The number of anilines is 1. The van der Waals surface area contributed by atoms with Gasteiger partial charge in [-0.2, -0.15) is 5.10 Å². The van der Waals surface area contributed by atoms with Gasteiger partial charge in [-0.15, -0.1) is 0 Å². The molecule has 0 saturated carbocycles. The lowest BCUT2D eigenvalue weighted by Crippen LogP contribution is -2.12. The third-order valence-electron chi connectivity index (χ3n) is 5.22. The Morgan fingerprint density at radius 2 is 1.88 bits per heavy atom. The van der Waals surface area contributed by atoms with Crippen LogP contribution in [0.25, 0.3) is 0 Å². The molecular formula is C24H21ClN4O5. The summed E-state index contributed by atoms with van der Waals surface area (Å²) in [5, 5.41) is 19.1. The molecule has 9 nitrogen and oxygen atoms in total. The van der Waals surface area contributed by atoms with Crippen LogP contribution in [0.2, 0.25) is 5.02 Å². The van der Waals surface area contributed by atoms with Gasteiger partial charge < -0.3 is 14.5 Å². The van der Waals surface area contributed by atoms with Crippen LogP contribution in [0.4, 0.5) is 11.4 Å². The summed E-state index contributed by atoms with van der Waals surface area (Å²) in [6, 6.07) is 16.7. The zero-order valence-corrected chi connectivity index (χ0v) is 19.2. The number of para-hydroxylation sites is 2. The number of nitrogens with zero attached hydrogens (tertiary/aromatic N) is 3. The summed E-state index contributed by atoms with van der Waals surface area (Å²) in [6.07, 6.45) is 0. The number of carbonyl (C=O) groups is 1. The molecule has 4 aromatic rings. The average molecular weight is 481 g/mol. The highest BCUT2D eigenvalue weighted by atomic mass is 35.5. The molecule has 0 aliphatic rings. The van der Waals surface area contributed by atoms with E-state index < -0.39 is 10.8 Å². The fourth-order valence-corrected chi connectivity index (χ4v) is 3.65. The van der Waals surface area contributed by atoms with E-state index in [4.69, 9.17) is 20.8 Å². The number of benzene rings is 2. The number of ether oxygens (including phenoxy) is 1. The molecule has 0 unspecified atom stereocenters. The summed E-state index contributed by atoms with van der Waals surface area (Å²) >= 11 is 6.26. The Labute approximate surface area is 200 Å². The van der Waals surface area contributed by atoms with Crippen LogP contribution >= 0.6 is 11.6 Å². The Balaban J connectivity index is 1.44. The lowest BCUT2D eigenvalue weighted by molar-refractivity contribution is -0.386. The first kappa shape index (κ1) is 23.1. The number of nitrogens with one attached hydrogen (secondary N) is 1. The molecule has 10 heteroatoms. The molecule has 0 aliphatic heterocycles. The topological polar surface area (TPSA) is 112 Å². The Morgan fingerprint density at radius 3 is 2.65 bits per heavy atom. The van der Waals surface area contributed by atoms with Crippen molar-refractivity contribution in [1.82, 2.24) is 9.78 Å². The fourth-order valence-electron chi connectivity index (χ4n) is 3.45. The molecule has 34 heavy (non-hydrogen) atoms. The maximum atomic E-state index is 12.8. The van der Waals surface area contributed by atoms with Crippen molar-refractivity contribution in [1.29, 1.82) is 0 Å². The monoisotopic (exact) mass is 480 g/mol. The molecule has 0 spiro atoms. The third-order valence-corrected chi connectivity index (χ3v) is 5.58. The highest BCUT2D eigenvalue weighted by Gasteiger charge is 2.19. The number of aryl methyl sites for hydroxylation is 1. The zero-order chi connectivity index (χ0) is 24.2. The van der Waals surface area contributed by atoms with Crippen molar-refractivity contribution in [2.75, 3.05) is 5.32 Å². The van der Waals surface area contributed by atoms with Gasteiger partial charge in [0.25, 0.3) is 5.91 Å². The highest BCUT2D eigenvalue weighted by Crippen LogP contribution is 2.27. The molecule has 4 rings (SSSR count). The lowest BCUT2D eigenvalue weighted by Gasteiger charge is -2.08. The van der Waals surface area contributed by atoms with E-state index in [1.807, 2.05) is 31.2 Å². The molecule has 0 bridgehead atoms. The Bertz CT molecular complexity index is 1360. The van der Waals surface area contributed by atoms with E-state index in [1.165, 1.54) is 18.2 Å². The standard InChI is InChI=1S/C24H21ClN4O5/c1-15-23(16(2)28(27-15)13-17-7-3-4-8-19(17)25)26-24(30)22-12-11-18(34-22)14-33-21-10-6-5-9-20(21)29(31)32/h3-12H,13-14H2,1-2H3,(H,26,30). The number of hydrogen-bond donors (Lipinski definition) is 1. The van der Waals surface area contributed by atoms with Gasteiger partial charge in [-0.3, -0.25) is 19.6 Å². The van der Waals surface area contributed by atoms with Crippen molar-refractivity contribution in [3.05, 3.63) is 104 Å². The molecule has 0 aliphatic carbocycles. The minimum absolute atomic E-state index is 0.0635. The smallest absolute Gasteiger partial charge is 0.310 e. The second kappa shape index (κ2) is 9.80. The van der Waals surface area contributed by atoms with Crippen LogP contribution in [0, 0.1) is 24.0 Å². The summed E-state index contributed by atoms with van der Waals surface area (Å²) in [6.45, 7) is 4.07. The molecule has 0 atom stereocenters. The number of furan rings is 1. The minimum atomic E-state index is -0.521. The van der Waals surface area contributed by atoms with E-state index >= 15 is 0 Å². The molecular weight excluding hydrogens is 460 g/mol. The number of nitro benzene ring substituents is 1. The Morgan fingerprint density at radius 1 is 1.15 bits per heavy atom. The molecule has 0 radical (unpaired) electrons. The fraction of sp³-hybridized carbons (Fsp3) is 0.167. The van der Waals surface area contributed by atoms with Crippen LogP contribution in [0.5, 0.6) is 5.75 Å². The maximum Gasteiger partial charge on any atom is 0.310 e. The van der Waals surface area contributed by atoms with Crippen molar-refractivity contribution < 1.29 is 18.9 Å². The molecule has 2 heterocycles. The summed E-state index contributed by atoms with van der Waals surface area (Å²) < 4.78 is 12.9. The van der Waals surface area contributed by atoms with Gasteiger partial charge in [0.05, 0.1) is 28.5 Å². The first-order valence-electron chi connectivity index (χ1n) is 10.4. The second-order valence-corrected chi connectivity index (χ2v) is 7.94. The van der Waals surface area contributed by atoms with Gasteiger partial charge >= 0.3 is 5.69 Å². The molecule has 2 aromatic carbocycles. The van der Waals surface area contributed by atoms with Crippen LogP contribution in [0.1, 0.15) is 33.3 Å². The van der Waals surface area contributed by atoms with E-state index in [-0.39, 0.29) is 23.8 Å². The zero-order valence-electron chi connectivity index (χ0n) is 18.4. The van der Waals surface area contributed by atoms with Crippen LogP contribution in [0.3, 0.4) is 0 Å². The van der Waals surface area contributed by atoms with Gasteiger partial charge in [0.1, 0.15) is 12.4 Å². The van der Waals surface area contributed by atoms with Gasteiger partial charge in [0.2, 0.25) is 0 Å². The summed E-state index contributed by atoms with van der Waals surface area (Å²) in [5.74, 6) is 0.109. The largest absolute Gasteiger partial charge is 0.479 e. The van der Waals surface area contributed by atoms with Gasteiger partial charge in [0, 0.05) is 11.1 Å². The predicted octanol–water partition coefficient (Wildman–Crippen LogP) is 5.53. The van der Waals surface area contributed by atoms with Gasteiger partial charge in [-0.25, -0.2) is 0 Å². The summed E-state index contributed by atoms with van der Waals surface area (Å²) in [4.78, 5) is 23.4. The molecule has 1 N–H and O–H groups in total. The SMILES string of the molecule is Cc1nn(Cc2ccccc2Cl)c(C)c1NC(=O)c1ccc(COc2ccccc2[N+](=O)[O-])o1. The second-order valence-electron chi connectivity index (χ2n) is 7.53. The van der Waals surface area contributed by atoms with E-state index in [0.717, 1.165) is 11.3 Å². The first-order valence-corrected chi connectivity index (χ1v) is 10.7. The van der Waals surface area contributed by atoms with Crippen molar-refractivity contribution >= 4 is 28.9 Å². The summed E-state index contributed by atoms with van der Waals surface area (Å²) in [5.41, 5.74) is 2.79. The third kappa shape index (κ3) is 4.94. The number of hydrogen-bond acceptors (Lipinski definition) is 6. The molecule has 1 amide bonds. The quantitative estimate of drug-likeness (QED) is 0.262. The van der Waals surface area contributed by atoms with Crippen molar-refractivity contribution in [2.45, 2.75) is 27.0 Å². The Kier molecular flexibility index (Phi) is 6.65. The van der Waals surface area contributed by atoms with Crippen molar-refractivity contribution in [3.63, 3.8) is 0 Å². The highest BCUT2D eigenvalue weighted by molar-refractivity contribution is 6.31. The normalized spacial score (nSPS) is 10.8. The Hall–Kier alpha value is -4.11. The van der Waals surface area contributed by atoms with Gasteiger partial charge in [-0.05, 0) is 43.7 Å². The average Bonchev–Trinajstić information content (AvgIpc) is 3.40. The predicted molar refractivity (Wildman–Crippen MR) is 126 cm³/mol. The number of halogens is 1. The maximum absolute atomic E-state index is 12.8. The summed E-state index contributed by atoms with van der Waals surface area (Å²) in [7, 11) is 0. The van der Waals surface area contributed by atoms with Gasteiger partial charge in [-0.1, -0.05) is 41.9 Å². The minimum Gasteiger partial charge on any atom is -0.479 e. The number of aromatic nitrogens is 2. The molecule has 174 valence electrons. The molecule has 2 aromatic heterocycles. The van der Waals surface area contributed by atoms with Gasteiger partial charge in [0.15, 0.2) is 11.5 Å². The van der Waals surface area contributed by atoms with Crippen LogP contribution in [-0.4, -0.2) is 20.6 Å². The van der Waals surface area contributed by atoms with Crippen molar-refractivity contribution in [3.8, 4) is 5.75 Å². The van der Waals surface area contributed by atoms with Crippen LogP contribution < -0.4 is 10.1 Å². The van der Waals surface area contributed by atoms with Crippen molar-refractivity contribution in [2.24, 2.45) is 0 Å².